The molecule has 0 bridgehead atoms. The highest BCUT2D eigenvalue weighted by Gasteiger charge is 1.99. The second-order valence-corrected chi connectivity index (χ2v) is 4.57. The van der Waals surface area contributed by atoms with Crippen molar-refractivity contribution in [3.63, 3.8) is 0 Å². The smallest absolute Gasteiger partial charge is 0.216 e. The van der Waals surface area contributed by atoms with Gasteiger partial charge in [0.1, 0.15) is 0 Å². The number of aryl methyl sites for hydroxylation is 2. The van der Waals surface area contributed by atoms with E-state index in [1.54, 1.807) is 0 Å². The van der Waals surface area contributed by atoms with Crippen LogP contribution in [0.4, 0.5) is 5.69 Å². The molecule has 0 aliphatic rings. The molecule has 1 aromatic rings. The van der Waals surface area contributed by atoms with Crippen molar-refractivity contribution in [1.29, 1.82) is 0 Å². The van der Waals surface area contributed by atoms with Gasteiger partial charge in [-0.1, -0.05) is 6.07 Å². The normalized spacial score (nSPS) is 9.72. The number of rotatable bonds is 4. The van der Waals surface area contributed by atoms with Crippen molar-refractivity contribution in [3.8, 4) is 0 Å². The van der Waals surface area contributed by atoms with Crippen LogP contribution in [0.5, 0.6) is 0 Å². The Bertz CT molecular complexity index is 446. The summed E-state index contributed by atoms with van der Waals surface area (Å²) in [5, 5.41) is 9.38. The number of carbonyl (C=O) groups excluding carboxylic acids is 1. The zero-order chi connectivity index (χ0) is 13.5. The minimum absolute atomic E-state index is 0.0372. The Morgan fingerprint density at radius 3 is 2.44 bits per heavy atom. The summed E-state index contributed by atoms with van der Waals surface area (Å²) in [5.74, 6) is -0.0372. The molecule has 3 N–H and O–H groups in total. The monoisotopic (exact) mass is 265 g/mol. The van der Waals surface area contributed by atoms with Crippen LogP contribution in [0, 0.1) is 13.8 Å². The number of thiocarbonyl (C=S) groups is 1. The molecule has 0 spiro atoms. The van der Waals surface area contributed by atoms with Crippen molar-refractivity contribution in [2.24, 2.45) is 0 Å². The van der Waals surface area contributed by atoms with Crippen molar-refractivity contribution >= 4 is 28.9 Å². The van der Waals surface area contributed by atoms with Crippen LogP contribution in [0.15, 0.2) is 18.2 Å². The predicted octanol–water partition coefficient (Wildman–Crippen LogP) is 1.73. The second kappa shape index (κ2) is 6.96. The van der Waals surface area contributed by atoms with E-state index in [2.05, 4.69) is 41.9 Å². The van der Waals surface area contributed by atoms with Crippen LogP contribution < -0.4 is 16.0 Å². The zero-order valence-electron chi connectivity index (χ0n) is 11.0. The minimum atomic E-state index is -0.0372. The highest BCUT2D eigenvalue weighted by molar-refractivity contribution is 7.80. The maximum Gasteiger partial charge on any atom is 0.216 e. The van der Waals surface area contributed by atoms with Crippen molar-refractivity contribution in [2.75, 3.05) is 18.4 Å². The summed E-state index contributed by atoms with van der Waals surface area (Å²) in [4.78, 5) is 10.7. The number of nitrogens with one attached hydrogen (secondary N) is 3. The highest BCUT2D eigenvalue weighted by atomic mass is 32.1. The van der Waals surface area contributed by atoms with Crippen molar-refractivity contribution in [3.05, 3.63) is 29.3 Å². The topological polar surface area (TPSA) is 53.2 Å². The molecule has 0 aliphatic carbocycles. The highest BCUT2D eigenvalue weighted by Crippen LogP contribution is 2.13. The van der Waals surface area contributed by atoms with Gasteiger partial charge in [-0.05, 0) is 49.3 Å². The van der Waals surface area contributed by atoms with Crippen LogP contribution >= 0.6 is 12.2 Å². The number of anilines is 1. The Morgan fingerprint density at radius 1 is 1.17 bits per heavy atom. The Morgan fingerprint density at radius 2 is 1.83 bits per heavy atom. The molecule has 0 atom stereocenters. The number of amides is 1. The van der Waals surface area contributed by atoms with Gasteiger partial charge in [-0.3, -0.25) is 4.79 Å². The van der Waals surface area contributed by atoms with Crippen LogP contribution in [-0.2, 0) is 4.79 Å². The van der Waals surface area contributed by atoms with E-state index in [4.69, 9.17) is 12.2 Å². The van der Waals surface area contributed by atoms with Gasteiger partial charge < -0.3 is 16.0 Å². The van der Waals surface area contributed by atoms with E-state index in [1.807, 2.05) is 6.07 Å². The molecular weight excluding hydrogens is 246 g/mol. The average Bonchev–Trinajstić information content (AvgIpc) is 2.29. The van der Waals surface area contributed by atoms with Crippen LogP contribution in [0.3, 0.4) is 0 Å². The molecule has 98 valence electrons. The first-order valence-electron chi connectivity index (χ1n) is 5.85. The minimum Gasteiger partial charge on any atom is -0.361 e. The predicted molar refractivity (Wildman–Crippen MR) is 78.8 cm³/mol. The summed E-state index contributed by atoms with van der Waals surface area (Å²) >= 11 is 5.16. The van der Waals surface area contributed by atoms with Gasteiger partial charge >= 0.3 is 0 Å². The van der Waals surface area contributed by atoms with Gasteiger partial charge in [0, 0.05) is 25.7 Å². The maximum absolute atomic E-state index is 10.7. The van der Waals surface area contributed by atoms with Crippen LogP contribution in [0.25, 0.3) is 0 Å². The Hall–Kier alpha value is -1.62. The van der Waals surface area contributed by atoms with E-state index in [0.717, 1.165) is 5.69 Å². The summed E-state index contributed by atoms with van der Waals surface area (Å²) in [7, 11) is 0. The van der Waals surface area contributed by atoms with E-state index in [0.29, 0.717) is 18.2 Å². The second-order valence-electron chi connectivity index (χ2n) is 4.16. The van der Waals surface area contributed by atoms with E-state index < -0.39 is 0 Å². The number of hydrogen-bond donors (Lipinski definition) is 3. The van der Waals surface area contributed by atoms with Crippen molar-refractivity contribution in [2.45, 2.75) is 20.8 Å². The SMILES string of the molecule is CC(=O)NCCNC(=S)Nc1ccc(C)c(C)c1. The molecule has 1 rings (SSSR count). The summed E-state index contributed by atoms with van der Waals surface area (Å²) in [5.41, 5.74) is 3.45. The van der Waals surface area contributed by atoms with Gasteiger partial charge in [0.15, 0.2) is 5.11 Å². The quantitative estimate of drug-likeness (QED) is 0.573. The molecule has 0 unspecified atom stereocenters. The lowest BCUT2D eigenvalue weighted by Gasteiger charge is -2.11. The molecule has 0 radical (unpaired) electrons. The van der Waals surface area contributed by atoms with Gasteiger partial charge in [0.25, 0.3) is 0 Å². The molecule has 0 saturated carbocycles. The van der Waals surface area contributed by atoms with E-state index in [1.165, 1.54) is 18.1 Å². The van der Waals surface area contributed by atoms with Gasteiger partial charge in [-0.15, -0.1) is 0 Å². The third-order valence-corrected chi connectivity index (χ3v) is 2.80. The first kappa shape index (κ1) is 14.4. The molecule has 0 aliphatic heterocycles. The number of carbonyl (C=O) groups is 1. The van der Waals surface area contributed by atoms with E-state index >= 15 is 0 Å². The Balaban J connectivity index is 2.35. The fourth-order valence-electron chi connectivity index (χ4n) is 1.41. The molecule has 18 heavy (non-hydrogen) atoms. The Labute approximate surface area is 113 Å². The molecule has 0 fully saturated rings. The van der Waals surface area contributed by atoms with Gasteiger partial charge in [0.05, 0.1) is 0 Å². The third kappa shape index (κ3) is 5.14. The molecule has 1 amide bonds. The lowest BCUT2D eigenvalue weighted by atomic mass is 10.1. The zero-order valence-corrected chi connectivity index (χ0v) is 11.8. The molecular formula is C13H19N3OS. The van der Waals surface area contributed by atoms with Crippen LogP contribution in [-0.4, -0.2) is 24.1 Å². The summed E-state index contributed by atoms with van der Waals surface area (Å²) in [6, 6.07) is 6.10. The van der Waals surface area contributed by atoms with Crippen LogP contribution in [0.2, 0.25) is 0 Å². The first-order valence-corrected chi connectivity index (χ1v) is 6.26. The molecule has 0 heterocycles. The van der Waals surface area contributed by atoms with Crippen molar-refractivity contribution in [1.82, 2.24) is 10.6 Å². The summed E-state index contributed by atoms with van der Waals surface area (Å²) < 4.78 is 0. The number of benzene rings is 1. The Kier molecular flexibility index (Phi) is 5.58. The van der Waals surface area contributed by atoms with Gasteiger partial charge in [-0.25, -0.2) is 0 Å². The van der Waals surface area contributed by atoms with Gasteiger partial charge in [-0.2, -0.15) is 0 Å². The van der Waals surface area contributed by atoms with E-state index in [9.17, 15) is 4.79 Å². The largest absolute Gasteiger partial charge is 0.361 e. The van der Waals surface area contributed by atoms with Crippen LogP contribution in [0.1, 0.15) is 18.1 Å². The molecule has 5 heteroatoms. The first-order chi connectivity index (χ1) is 8.49. The average molecular weight is 265 g/mol. The number of hydrogen-bond acceptors (Lipinski definition) is 2. The summed E-state index contributed by atoms with van der Waals surface area (Å²) in [6.07, 6.45) is 0. The summed E-state index contributed by atoms with van der Waals surface area (Å²) in [6.45, 7) is 6.79. The lowest BCUT2D eigenvalue weighted by Crippen LogP contribution is -2.35. The third-order valence-electron chi connectivity index (χ3n) is 2.55. The van der Waals surface area contributed by atoms with Crippen molar-refractivity contribution < 1.29 is 4.79 Å². The lowest BCUT2D eigenvalue weighted by molar-refractivity contribution is -0.118. The maximum atomic E-state index is 10.7. The standard InChI is InChI=1S/C13H19N3OS/c1-9-4-5-12(8-10(9)2)16-13(18)15-7-6-14-11(3)17/h4-5,8H,6-7H2,1-3H3,(H,14,17)(H2,15,16,18). The molecule has 0 aromatic heterocycles. The molecule has 1 aromatic carbocycles. The fraction of sp³-hybridized carbons (Fsp3) is 0.385. The van der Waals surface area contributed by atoms with Gasteiger partial charge in [0.2, 0.25) is 5.91 Å². The molecule has 0 saturated heterocycles. The fourth-order valence-corrected chi connectivity index (χ4v) is 1.63. The van der Waals surface area contributed by atoms with E-state index in [-0.39, 0.29) is 5.91 Å². The molecule has 4 nitrogen and oxygen atoms in total.